The SMILES string of the molecule is C[C@@H](CC#Cc1ccccc1)[C@H](O)/C=C/[C@H]1CCC(=O)N1C/C=C\c1ccc(C(=O)O)s1. The molecule has 6 heteroatoms. The minimum Gasteiger partial charge on any atom is -0.477 e. The Bertz CT molecular complexity index is 1040. The molecule has 166 valence electrons. The highest BCUT2D eigenvalue weighted by Crippen LogP contribution is 2.22. The highest BCUT2D eigenvalue weighted by molar-refractivity contribution is 7.14. The molecule has 2 heterocycles. The molecule has 1 saturated heterocycles. The largest absolute Gasteiger partial charge is 0.477 e. The molecule has 1 aliphatic heterocycles. The van der Waals surface area contributed by atoms with Crippen molar-refractivity contribution >= 4 is 29.3 Å². The first-order valence-corrected chi connectivity index (χ1v) is 11.4. The molecule has 0 spiro atoms. The van der Waals surface area contributed by atoms with Crippen LogP contribution in [-0.2, 0) is 4.79 Å². The van der Waals surface area contributed by atoms with E-state index in [4.69, 9.17) is 5.11 Å². The van der Waals surface area contributed by atoms with E-state index in [1.54, 1.807) is 23.1 Å². The number of hydrogen-bond donors (Lipinski definition) is 2. The van der Waals surface area contributed by atoms with Crippen molar-refractivity contribution < 1.29 is 19.8 Å². The summed E-state index contributed by atoms with van der Waals surface area (Å²) in [4.78, 5) is 26.2. The molecule has 3 rings (SSSR count). The van der Waals surface area contributed by atoms with Gasteiger partial charge in [-0.2, -0.15) is 0 Å². The van der Waals surface area contributed by atoms with E-state index < -0.39 is 12.1 Å². The van der Waals surface area contributed by atoms with Crippen LogP contribution in [0.25, 0.3) is 6.08 Å². The van der Waals surface area contributed by atoms with Gasteiger partial charge in [0.05, 0.1) is 12.1 Å². The average Bonchev–Trinajstić information content (AvgIpc) is 3.40. The normalized spacial score (nSPS) is 18.1. The highest BCUT2D eigenvalue weighted by atomic mass is 32.1. The van der Waals surface area contributed by atoms with Gasteiger partial charge >= 0.3 is 5.97 Å². The number of aliphatic hydroxyl groups is 1. The van der Waals surface area contributed by atoms with Gasteiger partial charge in [0, 0.05) is 29.8 Å². The number of benzene rings is 1. The number of hydrogen-bond acceptors (Lipinski definition) is 4. The molecule has 0 aliphatic carbocycles. The number of thiophene rings is 1. The molecule has 0 radical (unpaired) electrons. The van der Waals surface area contributed by atoms with Gasteiger partial charge in [-0.1, -0.05) is 55.2 Å². The third-order valence-corrected chi connectivity index (χ3v) is 6.38. The van der Waals surface area contributed by atoms with Crippen LogP contribution in [0.1, 0.15) is 46.3 Å². The van der Waals surface area contributed by atoms with Crippen LogP contribution in [0.5, 0.6) is 0 Å². The third-order valence-electron chi connectivity index (χ3n) is 5.34. The number of carbonyl (C=O) groups excluding carboxylic acids is 1. The fraction of sp³-hybridized carbons (Fsp3) is 0.308. The molecular weight excluding hydrogens is 422 g/mol. The van der Waals surface area contributed by atoms with Crippen molar-refractivity contribution in [3.8, 4) is 11.8 Å². The van der Waals surface area contributed by atoms with Crippen LogP contribution in [0.3, 0.4) is 0 Å². The Kier molecular flexibility index (Phi) is 8.43. The zero-order valence-corrected chi connectivity index (χ0v) is 18.8. The van der Waals surface area contributed by atoms with Crippen molar-refractivity contribution in [3.63, 3.8) is 0 Å². The molecule has 2 aromatic rings. The van der Waals surface area contributed by atoms with Gasteiger partial charge in [0.1, 0.15) is 4.88 Å². The number of carbonyl (C=O) groups is 2. The zero-order chi connectivity index (χ0) is 22.9. The Balaban J connectivity index is 1.52. The van der Waals surface area contributed by atoms with Crippen molar-refractivity contribution in [2.45, 2.75) is 38.3 Å². The first-order chi connectivity index (χ1) is 15.4. The Morgan fingerprint density at radius 2 is 2.06 bits per heavy atom. The lowest BCUT2D eigenvalue weighted by Crippen LogP contribution is -2.32. The van der Waals surface area contributed by atoms with Gasteiger partial charge in [-0.05, 0) is 42.7 Å². The second-order valence-electron chi connectivity index (χ2n) is 7.79. The van der Waals surface area contributed by atoms with Crippen LogP contribution >= 0.6 is 11.3 Å². The van der Waals surface area contributed by atoms with Crippen LogP contribution in [0.2, 0.25) is 0 Å². The molecule has 1 aromatic carbocycles. The predicted octanol–water partition coefficient (Wildman–Crippen LogP) is 4.45. The van der Waals surface area contributed by atoms with Crippen molar-refractivity contribution in [3.05, 3.63) is 76.0 Å². The number of carboxylic acids is 1. The first-order valence-electron chi connectivity index (χ1n) is 10.6. The van der Waals surface area contributed by atoms with E-state index >= 15 is 0 Å². The summed E-state index contributed by atoms with van der Waals surface area (Å²) >= 11 is 1.20. The summed E-state index contributed by atoms with van der Waals surface area (Å²) in [6.45, 7) is 2.41. The van der Waals surface area contributed by atoms with Crippen LogP contribution in [-0.4, -0.2) is 45.7 Å². The second kappa shape index (κ2) is 11.5. The molecule has 3 atom stereocenters. The van der Waals surface area contributed by atoms with E-state index in [2.05, 4.69) is 11.8 Å². The summed E-state index contributed by atoms with van der Waals surface area (Å²) < 4.78 is 0. The van der Waals surface area contributed by atoms with Crippen LogP contribution in [0.4, 0.5) is 0 Å². The number of nitrogens with zero attached hydrogens (tertiary/aromatic N) is 1. The summed E-state index contributed by atoms with van der Waals surface area (Å²) in [6.07, 6.45) is 8.56. The lowest BCUT2D eigenvalue weighted by molar-refractivity contribution is -0.127. The number of carboxylic acid groups (broad SMARTS) is 1. The molecule has 1 aliphatic rings. The van der Waals surface area contributed by atoms with Gasteiger partial charge < -0.3 is 15.1 Å². The minimum atomic E-state index is -0.937. The van der Waals surface area contributed by atoms with Crippen LogP contribution < -0.4 is 0 Å². The quantitative estimate of drug-likeness (QED) is 0.461. The fourth-order valence-corrected chi connectivity index (χ4v) is 4.20. The molecule has 0 unspecified atom stereocenters. The van der Waals surface area contributed by atoms with Gasteiger partial charge in [0.15, 0.2) is 0 Å². The number of likely N-dealkylation sites (tertiary alicyclic amines) is 1. The summed E-state index contributed by atoms with van der Waals surface area (Å²) in [5, 5.41) is 19.5. The second-order valence-corrected chi connectivity index (χ2v) is 8.90. The first kappa shape index (κ1) is 23.5. The average molecular weight is 450 g/mol. The smallest absolute Gasteiger partial charge is 0.345 e. The number of aromatic carboxylic acids is 1. The standard InChI is InChI=1S/C26H27NO4S/c1-19(7-5-10-20-8-3-2-4-9-20)23(28)15-12-21-13-17-25(29)27(21)18-6-11-22-14-16-24(32-22)26(30)31/h2-4,6,8-9,11-12,14-16,19,21,23,28H,7,13,17-18H2,1H3,(H,30,31)/b11-6-,15-12+/t19-,21-,23+/m0/s1. The van der Waals surface area contributed by atoms with E-state index in [-0.39, 0.29) is 17.9 Å². The molecule has 1 aromatic heterocycles. The maximum Gasteiger partial charge on any atom is 0.345 e. The zero-order valence-electron chi connectivity index (χ0n) is 18.0. The molecule has 0 bridgehead atoms. The van der Waals surface area contributed by atoms with Gasteiger partial charge in [-0.25, -0.2) is 4.79 Å². The van der Waals surface area contributed by atoms with E-state index in [1.165, 1.54) is 11.3 Å². The molecule has 1 amide bonds. The Hall–Kier alpha value is -3.14. The van der Waals surface area contributed by atoms with Crippen LogP contribution in [0.15, 0.2) is 60.7 Å². The summed E-state index contributed by atoms with van der Waals surface area (Å²) in [5.74, 6) is 5.36. The molecule has 0 saturated carbocycles. The van der Waals surface area contributed by atoms with Crippen molar-refractivity contribution in [1.82, 2.24) is 4.90 Å². The Morgan fingerprint density at radius 1 is 1.28 bits per heavy atom. The number of aliphatic hydroxyl groups excluding tert-OH is 1. The van der Waals surface area contributed by atoms with Gasteiger partial charge in [0.2, 0.25) is 5.91 Å². The topological polar surface area (TPSA) is 77.8 Å². The van der Waals surface area contributed by atoms with Crippen molar-refractivity contribution in [2.24, 2.45) is 5.92 Å². The summed E-state index contributed by atoms with van der Waals surface area (Å²) in [5.41, 5.74) is 0.958. The molecule has 2 N–H and O–H groups in total. The monoisotopic (exact) mass is 449 g/mol. The maximum absolute atomic E-state index is 12.3. The lowest BCUT2D eigenvalue weighted by Gasteiger charge is -2.21. The highest BCUT2D eigenvalue weighted by Gasteiger charge is 2.28. The van der Waals surface area contributed by atoms with E-state index in [9.17, 15) is 14.7 Å². The van der Waals surface area contributed by atoms with E-state index in [0.717, 1.165) is 16.9 Å². The fourth-order valence-electron chi connectivity index (χ4n) is 3.42. The Labute approximate surface area is 192 Å². The van der Waals surface area contributed by atoms with Crippen LogP contribution in [0, 0.1) is 17.8 Å². The van der Waals surface area contributed by atoms with E-state index in [0.29, 0.717) is 24.3 Å². The summed E-state index contributed by atoms with van der Waals surface area (Å²) in [6, 6.07) is 13.0. The molecule has 32 heavy (non-hydrogen) atoms. The molecule has 5 nitrogen and oxygen atoms in total. The molecular formula is C26H27NO4S. The van der Waals surface area contributed by atoms with Gasteiger partial charge in [-0.3, -0.25) is 4.79 Å². The van der Waals surface area contributed by atoms with Crippen molar-refractivity contribution in [1.29, 1.82) is 0 Å². The molecule has 1 fully saturated rings. The number of amides is 1. The lowest BCUT2D eigenvalue weighted by atomic mass is 9.99. The Morgan fingerprint density at radius 3 is 2.78 bits per heavy atom. The third kappa shape index (κ3) is 6.68. The summed E-state index contributed by atoms with van der Waals surface area (Å²) in [7, 11) is 0. The van der Waals surface area contributed by atoms with E-state index in [1.807, 2.05) is 55.5 Å². The number of rotatable bonds is 8. The minimum absolute atomic E-state index is 0.0184. The van der Waals surface area contributed by atoms with Gasteiger partial charge in [0.25, 0.3) is 0 Å². The van der Waals surface area contributed by atoms with Gasteiger partial charge in [-0.15, -0.1) is 11.3 Å². The van der Waals surface area contributed by atoms with Crippen molar-refractivity contribution in [2.75, 3.05) is 6.54 Å². The maximum atomic E-state index is 12.3. The predicted molar refractivity (Wildman–Crippen MR) is 127 cm³/mol.